The summed E-state index contributed by atoms with van der Waals surface area (Å²) in [5.41, 5.74) is 0.848. The molecule has 6 nitrogen and oxygen atoms in total. The van der Waals surface area contributed by atoms with Crippen LogP contribution >= 0.6 is 27.3 Å². The minimum atomic E-state index is -3.84. The van der Waals surface area contributed by atoms with Crippen molar-refractivity contribution in [3.8, 4) is 11.4 Å². The summed E-state index contributed by atoms with van der Waals surface area (Å²) in [6.07, 6.45) is 1.86. The fourth-order valence-electron chi connectivity index (χ4n) is 1.76. The molecular formula is C9H9BrN4O2S2. The molecule has 2 aromatic rings. The third kappa shape index (κ3) is 2.11. The van der Waals surface area contributed by atoms with Gasteiger partial charge in [0.1, 0.15) is 0 Å². The minimum Gasteiger partial charge on any atom is -0.294 e. The molecule has 2 aromatic heterocycles. The number of nitrogens with zero attached hydrogens (tertiary/aromatic N) is 3. The van der Waals surface area contributed by atoms with Gasteiger partial charge in [0.05, 0.1) is 3.79 Å². The van der Waals surface area contributed by atoms with Crippen molar-refractivity contribution in [2.24, 2.45) is 5.14 Å². The number of nitrogens with two attached hydrogens (primary N) is 1. The average Bonchev–Trinajstić information content (AvgIpc) is 2.85. The van der Waals surface area contributed by atoms with Crippen molar-refractivity contribution in [1.29, 1.82) is 0 Å². The predicted molar refractivity (Wildman–Crippen MR) is 70.7 cm³/mol. The zero-order chi connectivity index (χ0) is 12.9. The third-order valence-electron chi connectivity index (χ3n) is 2.66. The molecule has 2 N–H and O–H groups in total. The molecular weight excluding hydrogens is 340 g/mol. The Morgan fingerprint density at radius 3 is 2.67 bits per heavy atom. The van der Waals surface area contributed by atoms with E-state index < -0.39 is 10.0 Å². The number of primary sulfonamides is 1. The van der Waals surface area contributed by atoms with Crippen molar-refractivity contribution < 1.29 is 8.42 Å². The van der Waals surface area contributed by atoms with Crippen molar-refractivity contribution in [3.63, 3.8) is 0 Å². The summed E-state index contributed by atoms with van der Waals surface area (Å²) in [5.74, 6) is 0.559. The lowest BCUT2D eigenvalue weighted by atomic mass is 10.3. The molecule has 0 bridgehead atoms. The lowest BCUT2D eigenvalue weighted by molar-refractivity contribution is 0.567. The van der Waals surface area contributed by atoms with Crippen LogP contribution in [0.2, 0.25) is 0 Å². The van der Waals surface area contributed by atoms with Gasteiger partial charge in [0.15, 0.2) is 5.82 Å². The van der Waals surface area contributed by atoms with Gasteiger partial charge in [-0.2, -0.15) is 0 Å². The largest absolute Gasteiger partial charge is 0.294 e. The van der Waals surface area contributed by atoms with Crippen LogP contribution < -0.4 is 5.14 Å². The van der Waals surface area contributed by atoms with Crippen LogP contribution in [0.4, 0.5) is 0 Å². The Morgan fingerprint density at radius 1 is 1.44 bits per heavy atom. The van der Waals surface area contributed by atoms with Crippen LogP contribution in [0, 0.1) is 0 Å². The Bertz CT molecular complexity index is 702. The molecule has 9 heteroatoms. The highest BCUT2D eigenvalue weighted by Crippen LogP contribution is 2.40. The highest BCUT2D eigenvalue weighted by Gasteiger charge is 2.33. The number of hydrogen-bond acceptors (Lipinski definition) is 5. The molecule has 0 atom stereocenters. The molecule has 0 amide bonds. The first kappa shape index (κ1) is 12.3. The summed E-state index contributed by atoms with van der Waals surface area (Å²) in [6, 6.07) is 2.03. The van der Waals surface area contributed by atoms with Crippen molar-refractivity contribution >= 4 is 37.3 Å². The molecule has 18 heavy (non-hydrogen) atoms. The van der Waals surface area contributed by atoms with E-state index >= 15 is 0 Å². The normalized spacial score (nSPS) is 16.1. The molecule has 0 unspecified atom stereocenters. The second-order valence-electron chi connectivity index (χ2n) is 4.09. The number of halogens is 1. The van der Waals surface area contributed by atoms with Gasteiger partial charge in [-0.15, -0.1) is 21.5 Å². The van der Waals surface area contributed by atoms with E-state index in [2.05, 4.69) is 26.1 Å². The second-order valence-corrected chi connectivity index (χ2v) is 7.84. The Hall–Kier alpha value is -0.770. The van der Waals surface area contributed by atoms with Crippen LogP contribution in [0.25, 0.3) is 11.4 Å². The molecule has 0 aromatic carbocycles. The molecule has 3 rings (SSSR count). The summed E-state index contributed by atoms with van der Waals surface area (Å²) in [6.45, 7) is 0. The second kappa shape index (κ2) is 4.12. The van der Waals surface area contributed by atoms with Gasteiger partial charge in [0.2, 0.25) is 0 Å². The van der Waals surface area contributed by atoms with E-state index in [1.54, 1.807) is 4.57 Å². The maximum Gasteiger partial charge on any atom is 0.273 e. The summed E-state index contributed by atoms with van der Waals surface area (Å²) < 4.78 is 25.6. The maximum atomic E-state index is 11.5. The Morgan fingerprint density at radius 2 is 2.17 bits per heavy atom. The van der Waals surface area contributed by atoms with Crippen LogP contribution in [0.15, 0.2) is 20.4 Å². The molecule has 1 aliphatic rings. The lowest BCUT2D eigenvalue weighted by Gasteiger charge is -2.05. The summed E-state index contributed by atoms with van der Waals surface area (Å²) in [7, 11) is -3.84. The van der Waals surface area contributed by atoms with E-state index in [9.17, 15) is 8.42 Å². The minimum absolute atomic E-state index is 0.141. The smallest absolute Gasteiger partial charge is 0.273 e. The van der Waals surface area contributed by atoms with E-state index in [0.717, 1.165) is 22.2 Å². The van der Waals surface area contributed by atoms with Crippen LogP contribution in [0.3, 0.4) is 0 Å². The van der Waals surface area contributed by atoms with E-state index in [0.29, 0.717) is 5.82 Å². The van der Waals surface area contributed by atoms with Gasteiger partial charge in [-0.1, -0.05) is 0 Å². The zero-order valence-electron chi connectivity index (χ0n) is 9.08. The highest BCUT2D eigenvalue weighted by atomic mass is 79.9. The first-order valence-electron chi connectivity index (χ1n) is 5.19. The number of sulfonamides is 1. The van der Waals surface area contributed by atoms with Gasteiger partial charge in [0, 0.05) is 17.0 Å². The number of rotatable bonds is 3. The Balaban J connectivity index is 2.19. The van der Waals surface area contributed by atoms with Gasteiger partial charge in [-0.05, 0) is 34.8 Å². The third-order valence-corrected chi connectivity index (χ3v) is 4.95. The lowest BCUT2D eigenvalue weighted by Crippen LogP contribution is -2.18. The van der Waals surface area contributed by atoms with Crippen molar-refractivity contribution in [3.05, 3.63) is 15.2 Å². The maximum absolute atomic E-state index is 11.5. The van der Waals surface area contributed by atoms with Gasteiger partial charge in [-0.25, -0.2) is 13.6 Å². The fourth-order valence-corrected chi connectivity index (χ4v) is 3.56. The molecule has 1 aliphatic carbocycles. The average molecular weight is 349 g/mol. The molecule has 1 fully saturated rings. The van der Waals surface area contributed by atoms with Crippen LogP contribution in [-0.4, -0.2) is 23.2 Å². The number of aromatic nitrogens is 3. The SMILES string of the molecule is NS(=O)(=O)c1nnc(-c2csc(Br)c2)n1C1CC1. The Kier molecular flexibility index (Phi) is 2.81. The summed E-state index contributed by atoms with van der Waals surface area (Å²) in [4.78, 5) is 0. The molecule has 0 aliphatic heterocycles. The van der Waals surface area contributed by atoms with Gasteiger partial charge in [-0.3, -0.25) is 4.57 Å². The first-order valence-corrected chi connectivity index (χ1v) is 8.41. The van der Waals surface area contributed by atoms with E-state index in [4.69, 9.17) is 5.14 Å². The molecule has 0 saturated heterocycles. The van der Waals surface area contributed by atoms with Crippen LogP contribution in [-0.2, 0) is 10.0 Å². The summed E-state index contributed by atoms with van der Waals surface area (Å²) in [5, 5.41) is 14.6. The zero-order valence-corrected chi connectivity index (χ0v) is 12.3. The van der Waals surface area contributed by atoms with E-state index in [1.165, 1.54) is 11.3 Å². The van der Waals surface area contributed by atoms with Crippen molar-refractivity contribution in [2.45, 2.75) is 24.0 Å². The van der Waals surface area contributed by atoms with Gasteiger partial charge >= 0.3 is 0 Å². The topological polar surface area (TPSA) is 90.9 Å². The highest BCUT2D eigenvalue weighted by molar-refractivity contribution is 9.11. The molecule has 2 heterocycles. The molecule has 96 valence electrons. The quantitative estimate of drug-likeness (QED) is 0.914. The number of hydrogen-bond donors (Lipinski definition) is 1. The summed E-state index contributed by atoms with van der Waals surface area (Å²) >= 11 is 4.88. The van der Waals surface area contributed by atoms with Crippen LogP contribution in [0.5, 0.6) is 0 Å². The predicted octanol–water partition coefficient (Wildman–Crippen LogP) is 1.75. The van der Waals surface area contributed by atoms with Gasteiger partial charge in [0.25, 0.3) is 15.2 Å². The van der Waals surface area contributed by atoms with E-state index in [-0.39, 0.29) is 11.2 Å². The van der Waals surface area contributed by atoms with Crippen LogP contribution in [0.1, 0.15) is 18.9 Å². The fraction of sp³-hybridized carbons (Fsp3) is 0.333. The van der Waals surface area contributed by atoms with Gasteiger partial charge < -0.3 is 0 Å². The standard InChI is InChI=1S/C9H9BrN4O2S2/c10-7-3-5(4-17-7)8-12-13-9(18(11,15)16)14(8)6-1-2-6/h3-4,6H,1-2H2,(H2,11,15,16). The molecule has 0 spiro atoms. The molecule has 1 saturated carbocycles. The van der Waals surface area contributed by atoms with Crippen molar-refractivity contribution in [2.75, 3.05) is 0 Å². The molecule has 0 radical (unpaired) electrons. The van der Waals surface area contributed by atoms with Crippen molar-refractivity contribution in [1.82, 2.24) is 14.8 Å². The first-order chi connectivity index (χ1) is 8.47. The number of thiophene rings is 1. The monoisotopic (exact) mass is 348 g/mol. The Labute approximate surface area is 116 Å². The van der Waals surface area contributed by atoms with E-state index in [1.807, 2.05) is 11.4 Å².